The zero-order chi connectivity index (χ0) is 25.4. The highest BCUT2D eigenvalue weighted by molar-refractivity contribution is 7.89. The van der Waals surface area contributed by atoms with Crippen LogP contribution in [0.15, 0.2) is 24.0 Å². The van der Waals surface area contributed by atoms with Crippen molar-refractivity contribution in [3.05, 3.63) is 24.0 Å². The van der Waals surface area contributed by atoms with Crippen molar-refractivity contribution in [3.63, 3.8) is 0 Å². The molecular weight excluding hydrogens is 465 g/mol. The first kappa shape index (κ1) is 28.7. The maximum atomic E-state index is 13.1. The highest BCUT2D eigenvalue weighted by atomic mass is 32.2. The summed E-state index contributed by atoms with van der Waals surface area (Å²) in [6.07, 6.45) is 2.81. The Labute approximate surface area is 203 Å². The highest BCUT2D eigenvalue weighted by Crippen LogP contribution is 2.27. The molecule has 0 saturated carbocycles. The number of unbranched alkanes of at least 4 members (excludes halogenated alkanes) is 2. The minimum Gasteiger partial charge on any atom is -0.405 e. The van der Waals surface area contributed by atoms with Crippen LogP contribution in [0, 0.1) is 17.8 Å². The number of hydrogen-bond donors (Lipinski definition) is 0. The molecule has 0 bridgehead atoms. The molecule has 9 heteroatoms. The SMILES string of the molecule is C=C(OC(F)(F)F)/C(C#CCCCC)=C\CC(C)S(=O)(=O)N1CCC(N2CCC(C)CC2)CC1. The van der Waals surface area contributed by atoms with Gasteiger partial charge in [0.15, 0.2) is 0 Å². The van der Waals surface area contributed by atoms with Crippen molar-refractivity contribution < 1.29 is 26.3 Å². The second kappa shape index (κ2) is 13.0. The Morgan fingerprint density at radius 3 is 2.35 bits per heavy atom. The average Bonchev–Trinajstić information content (AvgIpc) is 2.77. The molecule has 0 N–H and O–H groups in total. The molecule has 194 valence electrons. The van der Waals surface area contributed by atoms with Crippen molar-refractivity contribution in [2.75, 3.05) is 26.2 Å². The smallest absolute Gasteiger partial charge is 0.405 e. The molecule has 0 aromatic carbocycles. The van der Waals surface area contributed by atoms with Gasteiger partial charge in [0.05, 0.1) is 10.8 Å². The average molecular weight is 505 g/mol. The zero-order valence-electron chi connectivity index (χ0n) is 20.7. The second-order valence-electron chi connectivity index (χ2n) is 9.43. The molecule has 2 saturated heterocycles. The number of ether oxygens (including phenoxy) is 1. The number of alkyl halides is 3. The third kappa shape index (κ3) is 8.94. The minimum absolute atomic E-state index is 0.0199. The van der Waals surface area contributed by atoms with Gasteiger partial charge in [-0.2, -0.15) is 0 Å². The van der Waals surface area contributed by atoms with Gasteiger partial charge in [-0.05, 0) is 64.5 Å². The van der Waals surface area contributed by atoms with Crippen LogP contribution < -0.4 is 0 Å². The van der Waals surface area contributed by atoms with E-state index >= 15 is 0 Å². The van der Waals surface area contributed by atoms with Crippen LogP contribution in [0.4, 0.5) is 13.2 Å². The first-order valence-corrected chi connectivity index (χ1v) is 13.8. The lowest BCUT2D eigenvalue weighted by Crippen LogP contribution is -2.50. The first-order valence-electron chi connectivity index (χ1n) is 12.3. The first-order chi connectivity index (χ1) is 15.9. The van der Waals surface area contributed by atoms with Gasteiger partial charge in [0, 0.05) is 25.6 Å². The number of halogens is 3. The van der Waals surface area contributed by atoms with E-state index in [2.05, 4.69) is 35.0 Å². The maximum absolute atomic E-state index is 13.1. The molecule has 0 amide bonds. The normalized spacial score (nSPS) is 21.1. The van der Waals surface area contributed by atoms with Gasteiger partial charge in [0.1, 0.15) is 5.76 Å². The molecule has 2 rings (SSSR count). The fourth-order valence-electron chi connectivity index (χ4n) is 4.37. The molecule has 2 heterocycles. The Balaban J connectivity index is 2.00. The van der Waals surface area contributed by atoms with Gasteiger partial charge in [0.2, 0.25) is 10.0 Å². The number of likely N-dealkylation sites (tertiary alicyclic amines) is 1. The van der Waals surface area contributed by atoms with Gasteiger partial charge >= 0.3 is 6.36 Å². The predicted molar refractivity (Wildman–Crippen MR) is 129 cm³/mol. The number of rotatable bonds is 9. The van der Waals surface area contributed by atoms with Crippen molar-refractivity contribution in [1.29, 1.82) is 0 Å². The molecular formula is C25H39F3N2O3S. The molecule has 2 aliphatic rings. The summed E-state index contributed by atoms with van der Waals surface area (Å²) in [5.41, 5.74) is -0.0199. The van der Waals surface area contributed by atoms with Gasteiger partial charge in [-0.25, -0.2) is 12.7 Å². The van der Waals surface area contributed by atoms with Crippen LogP contribution in [-0.4, -0.2) is 61.5 Å². The van der Waals surface area contributed by atoms with Crippen LogP contribution in [0.3, 0.4) is 0 Å². The van der Waals surface area contributed by atoms with E-state index < -0.39 is 27.4 Å². The molecule has 34 heavy (non-hydrogen) atoms. The monoisotopic (exact) mass is 504 g/mol. The summed E-state index contributed by atoms with van der Waals surface area (Å²) in [6.45, 7) is 12.3. The summed E-state index contributed by atoms with van der Waals surface area (Å²) in [5.74, 6) is 5.65. The summed E-state index contributed by atoms with van der Waals surface area (Å²) < 4.78 is 69.7. The lowest BCUT2D eigenvalue weighted by atomic mass is 9.95. The van der Waals surface area contributed by atoms with E-state index in [0.29, 0.717) is 25.6 Å². The van der Waals surface area contributed by atoms with E-state index in [1.54, 1.807) is 6.92 Å². The Hall–Kier alpha value is -1.50. The molecule has 0 aliphatic carbocycles. The van der Waals surface area contributed by atoms with Crippen molar-refractivity contribution in [2.45, 2.75) is 89.8 Å². The van der Waals surface area contributed by atoms with Crippen molar-refractivity contribution >= 4 is 10.0 Å². The molecule has 0 radical (unpaired) electrons. The van der Waals surface area contributed by atoms with Crippen molar-refractivity contribution in [3.8, 4) is 11.8 Å². The highest BCUT2D eigenvalue weighted by Gasteiger charge is 2.35. The summed E-state index contributed by atoms with van der Waals surface area (Å²) in [5, 5.41) is -0.786. The van der Waals surface area contributed by atoms with E-state index in [1.807, 2.05) is 6.92 Å². The third-order valence-electron chi connectivity index (χ3n) is 6.70. The number of nitrogens with zero attached hydrogens (tertiary/aromatic N) is 2. The molecule has 5 nitrogen and oxygen atoms in total. The van der Waals surface area contributed by atoms with Gasteiger partial charge in [-0.1, -0.05) is 44.8 Å². The van der Waals surface area contributed by atoms with Crippen molar-refractivity contribution in [2.24, 2.45) is 5.92 Å². The van der Waals surface area contributed by atoms with E-state index in [0.717, 1.165) is 44.7 Å². The largest absolute Gasteiger partial charge is 0.573 e. The number of piperidine rings is 2. The third-order valence-corrected chi connectivity index (χ3v) is 8.99. The second-order valence-corrected chi connectivity index (χ2v) is 11.8. The van der Waals surface area contributed by atoms with E-state index in [-0.39, 0.29) is 12.0 Å². The molecule has 0 aromatic rings. The number of hydrogen-bond acceptors (Lipinski definition) is 4. The van der Waals surface area contributed by atoms with Crippen LogP contribution in [0.5, 0.6) is 0 Å². The maximum Gasteiger partial charge on any atom is 0.573 e. The van der Waals surface area contributed by atoms with Crippen LogP contribution in [0.25, 0.3) is 0 Å². The molecule has 2 fully saturated rings. The van der Waals surface area contributed by atoms with E-state index in [9.17, 15) is 21.6 Å². The standard InChI is InChI=1S/C25H39F3N2O3S/c1-5-6-7-8-9-23(22(4)33-25(26,27)28)11-10-21(3)34(31,32)30-18-14-24(15-19-30)29-16-12-20(2)13-17-29/h11,20-21,24H,4-7,10,12-19H2,1-3H3/b23-11-. The van der Waals surface area contributed by atoms with Gasteiger partial charge < -0.3 is 9.64 Å². The minimum atomic E-state index is -4.88. The summed E-state index contributed by atoms with van der Waals surface area (Å²) in [7, 11) is -3.58. The molecule has 1 atom stereocenters. The Morgan fingerprint density at radius 2 is 1.79 bits per heavy atom. The van der Waals surface area contributed by atoms with Gasteiger partial charge in [0.25, 0.3) is 0 Å². The molecule has 1 unspecified atom stereocenters. The summed E-state index contributed by atoms with van der Waals surface area (Å²) in [6, 6.07) is 0.419. The number of sulfonamides is 1. The van der Waals surface area contributed by atoms with E-state index in [4.69, 9.17) is 0 Å². The summed E-state index contributed by atoms with van der Waals surface area (Å²) >= 11 is 0. The zero-order valence-corrected chi connectivity index (χ0v) is 21.5. The lowest BCUT2D eigenvalue weighted by molar-refractivity contribution is -0.303. The Bertz CT molecular complexity index is 858. The van der Waals surface area contributed by atoms with Crippen molar-refractivity contribution in [1.82, 2.24) is 9.21 Å². The van der Waals surface area contributed by atoms with Crippen LogP contribution in [0.1, 0.15) is 72.1 Å². The summed E-state index contributed by atoms with van der Waals surface area (Å²) in [4.78, 5) is 2.49. The van der Waals surface area contributed by atoms with Crippen LogP contribution >= 0.6 is 0 Å². The van der Waals surface area contributed by atoms with Crippen LogP contribution in [-0.2, 0) is 14.8 Å². The Kier molecular flexibility index (Phi) is 11.0. The fourth-order valence-corrected chi connectivity index (χ4v) is 5.94. The quantitative estimate of drug-likeness (QED) is 0.181. The Morgan fingerprint density at radius 1 is 1.18 bits per heavy atom. The number of allylic oxidation sites excluding steroid dienone is 2. The topological polar surface area (TPSA) is 49.9 Å². The van der Waals surface area contributed by atoms with Gasteiger partial charge in [-0.3, -0.25) is 0 Å². The fraction of sp³-hybridized carbons (Fsp3) is 0.760. The predicted octanol–water partition coefficient (Wildman–Crippen LogP) is 5.46. The molecule has 2 aliphatic heterocycles. The molecule has 0 aromatic heterocycles. The lowest BCUT2D eigenvalue weighted by Gasteiger charge is -2.41. The molecule has 0 spiro atoms. The van der Waals surface area contributed by atoms with Gasteiger partial charge in [-0.15, -0.1) is 13.2 Å². The van der Waals surface area contributed by atoms with E-state index in [1.165, 1.54) is 23.2 Å². The van der Waals surface area contributed by atoms with Crippen LogP contribution in [0.2, 0.25) is 0 Å².